The molecule has 1 rings (SSSR count). The molecule has 0 saturated carbocycles. The number of hydrogen-bond donors (Lipinski definition) is 1. The summed E-state index contributed by atoms with van der Waals surface area (Å²) in [5.74, 6) is 0.574. The van der Waals surface area contributed by atoms with Crippen LogP contribution >= 0.6 is 0 Å². The molecule has 1 N–H and O–H groups in total. The Morgan fingerprint density at radius 3 is 2.88 bits per heavy atom. The largest absolute Gasteiger partial charge is 0.393 e. The van der Waals surface area contributed by atoms with Gasteiger partial charge in [0.15, 0.2) is 0 Å². The van der Waals surface area contributed by atoms with Gasteiger partial charge in [-0.3, -0.25) is 4.79 Å². The number of aliphatic hydroxyl groups is 1. The number of amides is 1. The quantitative estimate of drug-likeness (QED) is 0.782. The van der Waals surface area contributed by atoms with Crippen LogP contribution in [0.5, 0.6) is 0 Å². The maximum absolute atomic E-state index is 11.6. The molecule has 1 amide bonds. The summed E-state index contributed by atoms with van der Waals surface area (Å²) in [5, 5.41) is 18.3. The van der Waals surface area contributed by atoms with E-state index < -0.39 is 0 Å². The lowest BCUT2D eigenvalue weighted by atomic mass is 9.87. The minimum absolute atomic E-state index is 0.0511. The van der Waals surface area contributed by atoms with Crippen LogP contribution in [-0.4, -0.2) is 35.1 Å². The maximum atomic E-state index is 11.6. The smallest absolute Gasteiger partial charge is 0.236 e. The molecule has 0 aliphatic carbocycles. The van der Waals surface area contributed by atoms with Gasteiger partial charge in [0.25, 0.3) is 0 Å². The van der Waals surface area contributed by atoms with Gasteiger partial charge in [0.05, 0.1) is 12.2 Å². The van der Waals surface area contributed by atoms with Crippen molar-refractivity contribution in [3.8, 4) is 6.07 Å². The highest BCUT2D eigenvalue weighted by Gasteiger charge is 2.30. The predicted octanol–water partition coefficient (Wildman–Crippen LogP) is 1.16. The van der Waals surface area contributed by atoms with Gasteiger partial charge in [-0.25, -0.2) is 0 Å². The summed E-state index contributed by atoms with van der Waals surface area (Å²) in [7, 11) is 0. The normalized spacial score (nSPS) is 25.6. The zero-order chi connectivity index (χ0) is 12.1. The van der Waals surface area contributed by atoms with Crippen LogP contribution in [0.3, 0.4) is 0 Å². The second-order valence-corrected chi connectivity index (χ2v) is 4.92. The van der Waals surface area contributed by atoms with Gasteiger partial charge in [0.1, 0.15) is 6.42 Å². The van der Waals surface area contributed by atoms with E-state index in [1.165, 1.54) is 0 Å². The Morgan fingerprint density at radius 1 is 1.62 bits per heavy atom. The Morgan fingerprint density at radius 2 is 2.31 bits per heavy atom. The van der Waals surface area contributed by atoms with Gasteiger partial charge in [-0.05, 0) is 18.8 Å². The van der Waals surface area contributed by atoms with E-state index in [1.807, 2.05) is 6.07 Å². The highest BCUT2D eigenvalue weighted by atomic mass is 16.3. The Balaban J connectivity index is 2.53. The lowest BCUT2D eigenvalue weighted by Crippen LogP contribution is -2.46. The molecule has 4 heteroatoms. The van der Waals surface area contributed by atoms with Crippen LogP contribution in [0.1, 0.15) is 33.1 Å². The van der Waals surface area contributed by atoms with E-state index in [-0.39, 0.29) is 24.3 Å². The number of nitriles is 1. The van der Waals surface area contributed by atoms with Crippen LogP contribution in [-0.2, 0) is 4.79 Å². The third kappa shape index (κ3) is 3.49. The van der Waals surface area contributed by atoms with Crippen molar-refractivity contribution in [3.05, 3.63) is 0 Å². The first-order valence-electron chi connectivity index (χ1n) is 5.87. The zero-order valence-electron chi connectivity index (χ0n) is 10.0. The molecule has 0 spiro atoms. The Bertz CT molecular complexity index is 283. The van der Waals surface area contributed by atoms with Crippen molar-refractivity contribution in [2.75, 3.05) is 13.1 Å². The monoisotopic (exact) mass is 224 g/mol. The summed E-state index contributed by atoms with van der Waals surface area (Å²) in [6.45, 7) is 5.40. The molecule has 1 fully saturated rings. The molecule has 1 aliphatic heterocycles. The third-order valence-corrected chi connectivity index (χ3v) is 3.05. The molecule has 4 nitrogen and oxygen atoms in total. The number of hydrogen-bond acceptors (Lipinski definition) is 3. The molecular formula is C12H20N2O2. The minimum Gasteiger partial charge on any atom is -0.393 e. The van der Waals surface area contributed by atoms with Crippen LogP contribution in [0.2, 0.25) is 0 Å². The Kier molecular flexibility index (Phi) is 4.75. The molecule has 0 aromatic heterocycles. The van der Waals surface area contributed by atoms with Gasteiger partial charge in [0, 0.05) is 19.0 Å². The van der Waals surface area contributed by atoms with E-state index in [1.54, 1.807) is 4.90 Å². The number of carbonyl (C=O) groups is 1. The van der Waals surface area contributed by atoms with E-state index >= 15 is 0 Å². The van der Waals surface area contributed by atoms with E-state index in [0.29, 0.717) is 25.4 Å². The number of likely N-dealkylation sites (tertiary alicyclic amines) is 1. The van der Waals surface area contributed by atoms with Gasteiger partial charge in [-0.2, -0.15) is 5.26 Å². The highest BCUT2D eigenvalue weighted by molar-refractivity contribution is 5.78. The molecule has 0 aromatic rings. The Hall–Kier alpha value is -1.08. The molecule has 0 aromatic carbocycles. The molecule has 16 heavy (non-hydrogen) atoms. The number of piperidine rings is 1. The standard InChI is InChI=1S/C12H20N2O2/c1-9(2)7-10-8-14(6-4-11(10)15)12(16)3-5-13/h9-11,15H,3-4,6-8H2,1-2H3/t10-,11-/m0/s1. The number of rotatable bonds is 3. The zero-order valence-corrected chi connectivity index (χ0v) is 10.0. The van der Waals surface area contributed by atoms with E-state index in [0.717, 1.165) is 6.42 Å². The van der Waals surface area contributed by atoms with Gasteiger partial charge < -0.3 is 10.0 Å². The lowest BCUT2D eigenvalue weighted by molar-refractivity contribution is -0.134. The topological polar surface area (TPSA) is 64.3 Å². The van der Waals surface area contributed by atoms with Crippen LogP contribution in [0, 0.1) is 23.2 Å². The van der Waals surface area contributed by atoms with Crippen LogP contribution in [0.15, 0.2) is 0 Å². The Labute approximate surface area is 96.9 Å². The van der Waals surface area contributed by atoms with Crippen LogP contribution < -0.4 is 0 Å². The van der Waals surface area contributed by atoms with Crippen molar-refractivity contribution in [2.45, 2.75) is 39.2 Å². The average Bonchev–Trinajstić information content (AvgIpc) is 2.21. The van der Waals surface area contributed by atoms with Crippen molar-refractivity contribution in [1.82, 2.24) is 4.90 Å². The lowest BCUT2D eigenvalue weighted by Gasteiger charge is -2.36. The van der Waals surface area contributed by atoms with E-state index in [4.69, 9.17) is 5.26 Å². The molecular weight excluding hydrogens is 204 g/mol. The number of aliphatic hydroxyl groups excluding tert-OH is 1. The number of nitrogens with zero attached hydrogens (tertiary/aromatic N) is 2. The summed E-state index contributed by atoms with van der Waals surface area (Å²) >= 11 is 0. The minimum atomic E-state index is -0.298. The second kappa shape index (κ2) is 5.86. The first-order valence-corrected chi connectivity index (χ1v) is 5.87. The molecule has 0 unspecified atom stereocenters. The van der Waals surface area contributed by atoms with E-state index in [2.05, 4.69) is 13.8 Å². The molecule has 0 bridgehead atoms. The van der Waals surface area contributed by atoms with E-state index in [9.17, 15) is 9.90 Å². The van der Waals surface area contributed by atoms with Gasteiger partial charge in [-0.1, -0.05) is 13.8 Å². The summed E-state index contributed by atoms with van der Waals surface area (Å²) in [4.78, 5) is 13.3. The molecule has 1 saturated heterocycles. The second-order valence-electron chi connectivity index (χ2n) is 4.92. The van der Waals surface area contributed by atoms with Gasteiger partial charge >= 0.3 is 0 Å². The van der Waals surface area contributed by atoms with Crippen LogP contribution in [0.4, 0.5) is 0 Å². The third-order valence-electron chi connectivity index (χ3n) is 3.05. The SMILES string of the molecule is CC(C)C[C@H]1CN(C(=O)CC#N)CC[C@@H]1O. The summed E-state index contributed by atoms with van der Waals surface area (Å²) < 4.78 is 0. The summed E-state index contributed by atoms with van der Waals surface area (Å²) in [6.07, 6.45) is 1.21. The molecule has 2 atom stereocenters. The molecule has 1 heterocycles. The van der Waals surface area contributed by atoms with Crippen molar-refractivity contribution in [1.29, 1.82) is 5.26 Å². The van der Waals surface area contributed by atoms with Crippen molar-refractivity contribution >= 4 is 5.91 Å². The fourth-order valence-corrected chi connectivity index (χ4v) is 2.26. The summed E-state index contributed by atoms with van der Waals surface area (Å²) in [5.41, 5.74) is 0. The van der Waals surface area contributed by atoms with Gasteiger partial charge in [0.2, 0.25) is 5.91 Å². The molecule has 1 aliphatic rings. The highest BCUT2D eigenvalue weighted by Crippen LogP contribution is 2.24. The summed E-state index contributed by atoms with van der Waals surface area (Å²) in [6, 6.07) is 1.88. The van der Waals surface area contributed by atoms with Crippen molar-refractivity contribution in [3.63, 3.8) is 0 Å². The maximum Gasteiger partial charge on any atom is 0.236 e. The predicted molar refractivity (Wildman–Crippen MR) is 60.4 cm³/mol. The van der Waals surface area contributed by atoms with Crippen LogP contribution in [0.25, 0.3) is 0 Å². The fraction of sp³-hybridized carbons (Fsp3) is 0.833. The molecule has 0 radical (unpaired) electrons. The average molecular weight is 224 g/mol. The van der Waals surface area contributed by atoms with Crippen molar-refractivity contribution in [2.24, 2.45) is 11.8 Å². The first kappa shape index (κ1) is 13.0. The number of carbonyl (C=O) groups excluding carboxylic acids is 1. The molecule has 90 valence electrons. The fourth-order valence-electron chi connectivity index (χ4n) is 2.26. The van der Waals surface area contributed by atoms with Crippen molar-refractivity contribution < 1.29 is 9.90 Å². The van der Waals surface area contributed by atoms with Gasteiger partial charge in [-0.15, -0.1) is 0 Å². The first-order chi connectivity index (χ1) is 7.54.